The lowest BCUT2D eigenvalue weighted by molar-refractivity contribution is -0.170. The fourth-order valence-electron chi connectivity index (χ4n) is 9.81. The molecule has 0 aromatic carbocycles. The lowest BCUT2D eigenvalue weighted by atomic mass is 9.46. The predicted octanol–water partition coefficient (Wildman–Crippen LogP) is 6.20. The number of nitrogens with two attached hydrogens (primary N) is 1. The van der Waals surface area contributed by atoms with E-state index in [0.29, 0.717) is 36.5 Å². The number of aliphatic hydroxyl groups is 1. The van der Waals surface area contributed by atoms with Gasteiger partial charge in [-0.2, -0.15) is 0 Å². The minimum absolute atomic E-state index is 0.228. The molecule has 0 saturated heterocycles. The largest absolute Gasteiger partial charge is 0.460 e. The van der Waals surface area contributed by atoms with Crippen molar-refractivity contribution in [3.05, 3.63) is 29.9 Å². The molecule has 4 aliphatic rings. The van der Waals surface area contributed by atoms with E-state index in [9.17, 15) is 9.90 Å². The molecule has 1 heterocycles. The molecule has 6 nitrogen and oxygen atoms in total. The van der Waals surface area contributed by atoms with Crippen LogP contribution in [0, 0.1) is 46.3 Å². The Balaban J connectivity index is 1.33. The van der Waals surface area contributed by atoms with Crippen molar-refractivity contribution in [2.75, 3.05) is 0 Å². The molecule has 0 amide bonds. The second-order valence-electron chi connectivity index (χ2n) is 14.6. The molecular weight excluding hydrogens is 486 g/mol. The van der Waals surface area contributed by atoms with Gasteiger partial charge in [-0.3, -0.25) is 4.79 Å². The highest BCUT2D eigenvalue weighted by Gasteiger charge is 2.61. The number of fused-ring (bicyclic) bond motifs is 5. The lowest BCUT2D eigenvalue weighted by Crippen LogP contribution is -2.57. The molecule has 1 aromatic rings. The summed E-state index contributed by atoms with van der Waals surface area (Å²) in [7, 11) is 0. The average Bonchev–Trinajstić information content (AvgIpc) is 3.51. The Morgan fingerprint density at radius 1 is 1.21 bits per heavy atom. The maximum absolute atomic E-state index is 13.2. The highest BCUT2D eigenvalue weighted by atomic mass is 16.5. The summed E-state index contributed by atoms with van der Waals surface area (Å²) >= 11 is 0. The first-order valence-electron chi connectivity index (χ1n) is 15.8. The van der Waals surface area contributed by atoms with Crippen LogP contribution in [0.4, 0.5) is 0 Å². The van der Waals surface area contributed by atoms with Gasteiger partial charge in [0.25, 0.3) is 0 Å². The van der Waals surface area contributed by atoms with Crippen molar-refractivity contribution in [3.8, 4) is 0 Å². The minimum atomic E-state index is -0.748. The molecule has 0 bridgehead atoms. The number of aliphatic hydroxyl groups excluding tert-OH is 1. The standard InChI is InChI=1S/C33H53N3O3/c1-20(2)7-6-8-21(3)26-11-12-27-25-10-9-22-15-24(37)17-30(33(22,5)28(25)13-14-32(26,27)4)39-31(38)29(34)16-23-18-35-19-36-23/h9,18-21,24-30,37H,6-8,10-17,34H2,1-5H3,(H,35,36)/t21-,24+,25+,26-,27+,28+,29?,30?,32-,33+/m1/s1. The Labute approximate surface area is 236 Å². The van der Waals surface area contributed by atoms with Crippen molar-refractivity contribution in [2.24, 2.45) is 52.1 Å². The summed E-state index contributed by atoms with van der Waals surface area (Å²) in [4.78, 5) is 20.3. The molecule has 6 heteroatoms. The summed E-state index contributed by atoms with van der Waals surface area (Å²) in [6, 6.07) is -0.748. The third kappa shape index (κ3) is 5.37. The number of carbonyl (C=O) groups excluding carboxylic acids is 1. The molecule has 4 N–H and O–H groups in total. The van der Waals surface area contributed by atoms with Crippen LogP contribution in [0.15, 0.2) is 24.2 Å². The van der Waals surface area contributed by atoms with Crippen LogP contribution < -0.4 is 5.73 Å². The molecule has 10 atom stereocenters. The number of allylic oxidation sites excluding steroid dienone is 1. The summed E-state index contributed by atoms with van der Waals surface area (Å²) in [5, 5.41) is 10.8. The second-order valence-corrected chi connectivity index (χ2v) is 14.6. The summed E-state index contributed by atoms with van der Waals surface area (Å²) in [5.41, 5.74) is 8.60. The maximum atomic E-state index is 13.2. The Hall–Kier alpha value is -1.66. The van der Waals surface area contributed by atoms with Crippen LogP contribution in [0.3, 0.4) is 0 Å². The van der Waals surface area contributed by atoms with E-state index < -0.39 is 12.1 Å². The average molecular weight is 540 g/mol. The molecule has 39 heavy (non-hydrogen) atoms. The van der Waals surface area contributed by atoms with Crippen molar-refractivity contribution in [1.82, 2.24) is 9.97 Å². The third-order valence-corrected chi connectivity index (χ3v) is 11.9. The topological polar surface area (TPSA) is 101 Å². The van der Waals surface area contributed by atoms with Gasteiger partial charge in [0.1, 0.15) is 12.1 Å². The Bertz CT molecular complexity index is 1020. The highest BCUT2D eigenvalue weighted by Crippen LogP contribution is 2.67. The van der Waals surface area contributed by atoms with E-state index in [0.717, 1.165) is 35.8 Å². The van der Waals surface area contributed by atoms with Gasteiger partial charge in [-0.05, 0) is 79.4 Å². The summed E-state index contributed by atoms with van der Waals surface area (Å²) in [6.07, 6.45) is 16.8. The van der Waals surface area contributed by atoms with Crippen LogP contribution in [-0.2, 0) is 16.0 Å². The van der Waals surface area contributed by atoms with Gasteiger partial charge in [-0.25, -0.2) is 4.98 Å². The molecule has 0 aliphatic heterocycles. The van der Waals surface area contributed by atoms with E-state index in [-0.39, 0.29) is 17.5 Å². The number of nitrogens with one attached hydrogen (secondary N) is 1. The van der Waals surface area contributed by atoms with Crippen LogP contribution in [-0.4, -0.2) is 39.3 Å². The minimum Gasteiger partial charge on any atom is -0.460 e. The number of aromatic amines is 1. The monoisotopic (exact) mass is 539 g/mol. The van der Waals surface area contributed by atoms with Gasteiger partial charge in [0.05, 0.1) is 12.4 Å². The number of hydrogen-bond acceptors (Lipinski definition) is 5. The van der Waals surface area contributed by atoms with Gasteiger partial charge < -0.3 is 20.6 Å². The Kier molecular flexibility index (Phi) is 8.37. The van der Waals surface area contributed by atoms with E-state index in [2.05, 4.69) is 50.7 Å². The fourth-order valence-corrected chi connectivity index (χ4v) is 9.81. The quantitative estimate of drug-likeness (QED) is 0.256. The molecule has 3 saturated carbocycles. The fraction of sp³-hybridized carbons (Fsp3) is 0.818. The number of hydrogen-bond donors (Lipinski definition) is 3. The molecule has 0 spiro atoms. The number of esters is 1. The van der Waals surface area contributed by atoms with Gasteiger partial charge in [0.15, 0.2) is 0 Å². The van der Waals surface area contributed by atoms with E-state index in [1.54, 1.807) is 12.5 Å². The number of ether oxygens (including phenoxy) is 1. The van der Waals surface area contributed by atoms with Crippen LogP contribution >= 0.6 is 0 Å². The van der Waals surface area contributed by atoms with Crippen molar-refractivity contribution >= 4 is 5.97 Å². The third-order valence-electron chi connectivity index (χ3n) is 11.9. The van der Waals surface area contributed by atoms with Crippen LogP contribution in [0.25, 0.3) is 0 Å². The lowest BCUT2D eigenvalue weighted by Gasteiger charge is -2.60. The summed E-state index contributed by atoms with van der Waals surface area (Å²) in [6.45, 7) is 12.2. The number of carbonyl (C=O) groups is 1. The van der Waals surface area contributed by atoms with Gasteiger partial charge in [0, 0.05) is 30.1 Å². The predicted molar refractivity (Wildman–Crippen MR) is 155 cm³/mol. The van der Waals surface area contributed by atoms with Crippen LogP contribution in [0.2, 0.25) is 0 Å². The molecule has 0 radical (unpaired) electrons. The zero-order valence-electron chi connectivity index (χ0n) is 25.0. The molecule has 5 rings (SSSR count). The Morgan fingerprint density at radius 2 is 2.00 bits per heavy atom. The second kappa shape index (κ2) is 11.3. The van der Waals surface area contributed by atoms with Gasteiger partial charge in [0.2, 0.25) is 0 Å². The number of imidazole rings is 1. The number of H-pyrrole nitrogens is 1. The maximum Gasteiger partial charge on any atom is 0.323 e. The van der Waals surface area contributed by atoms with Gasteiger partial charge >= 0.3 is 5.97 Å². The molecular formula is C33H53N3O3. The van der Waals surface area contributed by atoms with Crippen molar-refractivity contribution in [2.45, 2.75) is 123 Å². The Morgan fingerprint density at radius 3 is 2.72 bits per heavy atom. The molecule has 3 fully saturated rings. The summed E-state index contributed by atoms with van der Waals surface area (Å²) < 4.78 is 6.25. The summed E-state index contributed by atoms with van der Waals surface area (Å²) in [5.74, 6) is 3.86. The molecule has 218 valence electrons. The van der Waals surface area contributed by atoms with Gasteiger partial charge in [-0.1, -0.05) is 65.5 Å². The van der Waals surface area contributed by atoms with Crippen LogP contribution in [0.1, 0.15) is 105 Å². The molecule has 4 aliphatic carbocycles. The molecule has 1 aromatic heterocycles. The SMILES string of the molecule is CC(C)CCC[C@@H](C)[C@H]1CC[C@H]2[C@@H]3CC=C4C[C@H](O)CC(OC(=O)C(N)Cc5cnc[nH]5)[C@]4(C)[C@H]3CC[C@]12C. The smallest absolute Gasteiger partial charge is 0.323 e. The van der Waals surface area contributed by atoms with E-state index in [4.69, 9.17) is 10.5 Å². The first-order chi connectivity index (χ1) is 18.5. The van der Waals surface area contributed by atoms with Crippen molar-refractivity contribution in [3.63, 3.8) is 0 Å². The van der Waals surface area contributed by atoms with Crippen LogP contribution in [0.5, 0.6) is 0 Å². The number of rotatable bonds is 9. The zero-order chi connectivity index (χ0) is 27.9. The van der Waals surface area contributed by atoms with E-state index in [1.165, 1.54) is 50.5 Å². The number of nitrogens with zero attached hydrogens (tertiary/aromatic N) is 1. The van der Waals surface area contributed by atoms with Crippen molar-refractivity contribution in [1.29, 1.82) is 0 Å². The first-order valence-corrected chi connectivity index (χ1v) is 15.8. The van der Waals surface area contributed by atoms with Crippen molar-refractivity contribution < 1.29 is 14.6 Å². The normalized spacial score (nSPS) is 39.3. The van der Waals surface area contributed by atoms with E-state index >= 15 is 0 Å². The van der Waals surface area contributed by atoms with E-state index in [1.807, 2.05) is 0 Å². The van der Waals surface area contributed by atoms with Gasteiger partial charge in [-0.15, -0.1) is 0 Å². The first kappa shape index (κ1) is 28.9. The zero-order valence-corrected chi connectivity index (χ0v) is 25.0. The number of aromatic nitrogens is 2. The highest BCUT2D eigenvalue weighted by molar-refractivity contribution is 5.76. The molecule has 2 unspecified atom stereocenters.